The predicted molar refractivity (Wildman–Crippen MR) is 80.9 cm³/mol. The standard InChI is InChI=1S/C18H18O2/c1-19-13-17-11-5-9-15(17)7-3-4-8-16-10-6-12-18(16)14-20-2/h5-6,11-12H,9-10,13-14H2,1-2H3. The third kappa shape index (κ3) is 3.75. The van der Waals surface area contributed by atoms with Crippen molar-refractivity contribution >= 4 is 0 Å². The summed E-state index contributed by atoms with van der Waals surface area (Å²) in [7, 11) is 3.39. The predicted octanol–water partition coefficient (Wildman–Crippen LogP) is 2.80. The molecule has 0 N–H and O–H groups in total. The van der Waals surface area contributed by atoms with E-state index in [1.807, 2.05) is 0 Å². The molecule has 0 saturated carbocycles. The molecule has 2 rings (SSSR count). The molecule has 0 aromatic heterocycles. The van der Waals surface area contributed by atoms with Crippen LogP contribution >= 0.6 is 0 Å². The Balaban J connectivity index is 2.04. The van der Waals surface area contributed by atoms with E-state index in [0.29, 0.717) is 13.2 Å². The molecule has 2 aliphatic carbocycles. The highest BCUT2D eigenvalue weighted by molar-refractivity contribution is 5.51. The lowest BCUT2D eigenvalue weighted by molar-refractivity contribution is 0.228. The summed E-state index contributed by atoms with van der Waals surface area (Å²) in [6, 6.07) is 0. The van der Waals surface area contributed by atoms with Crippen LogP contribution in [-0.2, 0) is 9.47 Å². The minimum atomic E-state index is 0.612. The minimum absolute atomic E-state index is 0.612. The lowest BCUT2D eigenvalue weighted by Gasteiger charge is -1.98. The Labute approximate surface area is 120 Å². The van der Waals surface area contributed by atoms with Gasteiger partial charge in [0.25, 0.3) is 0 Å². The van der Waals surface area contributed by atoms with Crippen molar-refractivity contribution in [2.45, 2.75) is 12.8 Å². The monoisotopic (exact) mass is 266 g/mol. The molecule has 2 heteroatoms. The van der Waals surface area contributed by atoms with Crippen LogP contribution in [0.15, 0.2) is 46.6 Å². The first-order chi connectivity index (χ1) is 9.85. The summed E-state index contributed by atoms with van der Waals surface area (Å²) in [6.07, 6.45) is 10.1. The summed E-state index contributed by atoms with van der Waals surface area (Å²) < 4.78 is 10.3. The SMILES string of the molecule is COCC1=C(C#CC#CC2=C(COC)C=CC2)CC=C1. The summed E-state index contributed by atoms with van der Waals surface area (Å²) in [5.74, 6) is 12.1. The first kappa shape index (κ1) is 14.4. The van der Waals surface area contributed by atoms with Gasteiger partial charge in [-0.15, -0.1) is 0 Å². The Hall–Kier alpha value is -2.00. The van der Waals surface area contributed by atoms with Crippen LogP contribution in [0.25, 0.3) is 0 Å². The molecular formula is C18H18O2. The summed E-state index contributed by atoms with van der Waals surface area (Å²) >= 11 is 0. The average molecular weight is 266 g/mol. The smallest absolute Gasteiger partial charge is 0.0721 e. The number of rotatable bonds is 4. The van der Waals surface area contributed by atoms with Gasteiger partial charge >= 0.3 is 0 Å². The number of hydrogen-bond donors (Lipinski definition) is 0. The average Bonchev–Trinajstić information content (AvgIpc) is 3.06. The van der Waals surface area contributed by atoms with E-state index in [1.54, 1.807) is 14.2 Å². The van der Waals surface area contributed by atoms with Crippen LogP contribution in [-0.4, -0.2) is 27.4 Å². The zero-order chi connectivity index (χ0) is 14.2. The summed E-state index contributed by atoms with van der Waals surface area (Å²) in [6.45, 7) is 1.22. The molecule has 102 valence electrons. The van der Waals surface area contributed by atoms with Crippen LogP contribution in [0, 0.1) is 23.7 Å². The summed E-state index contributed by atoms with van der Waals surface area (Å²) in [4.78, 5) is 0. The van der Waals surface area contributed by atoms with Gasteiger partial charge in [0.1, 0.15) is 0 Å². The second-order valence-electron chi connectivity index (χ2n) is 4.59. The van der Waals surface area contributed by atoms with Crippen molar-refractivity contribution in [3.05, 3.63) is 46.6 Å². The molecule has 0 aliphatic heterocycles. The van der Waals surface area contributed by atoms with E-state index >= 15 is 0 Å². The highest BCUT2D eigenvalue weighted by Gasteiger charge is 2.06. The van der Waals surface area contributed by atoms with Crippen molar-refractivity contribution in [2.75, 3.05) is 27.4 Å². The second-order valence-corrected chi connectivity index (χ2v) is 4.59. The number of methoxy groups -OCH3 is 2. The van der Waals surface area contributed by atoms with Gasteiger partial charge in [-0.25, -0.2) is 0 Å². The van der Waals surface area contributed by atoms with E-state index in [9.17, 15) is 0 Å². The Bertz CT molecular complexity index is 551. The minimum Gasteiger partial charge on any atom is -0.380 e. The van der Waals surface area contributed by atoms with Crippen molar-refractivity contribution in [2.24, 2.45) is 0 Å². The zero-order valence-corrected chi connectivity index (χ0v) is 12.0. The third-order valence-electron chi connectivity index (χ3n) is 3.15. The molecule has 0 radical (unpaired) electrons. The largest absolute Gasteiger partial charge is 0.380 e. The lowest BCUT2D eigenvalue weighted by atomic mass is 10.1. The van der Waals surface area contributed by atoms with Gasteiger partial charge in [0.05, 0.1) is 13.2 Å². The molecule has 0 spiro atoms. The van der Waals surface area contributed by atoms with E-state index < -0.39 is 0 Å². The van der Waals surface area contributed by atoms with Crippen molar-refractivity contribution in [1.29, 1.82) is 0 Å². The van der Waals surface area contributed by atoms with Gasteiger partial charge in [0.2, 0.25) is 0 Å². The molecule has 0 aromatic carbocycles. The fraction of sp³-hybridized carbons (Fsp3) is 0.333. The Kier molecular flexibility index (Phi) is 5.44. The lowest BCUT2D eigenvalue weighted by Crippen LogP contribution is -1.92. The molecule has 2 aliphatic rings. The molecule has 0 heterocycles. The van der Waals surface area contributed by atoms with Gasteiger partial charge in [-0.1, -0.05) is 36.1 Å². The van der Waals surface area contributed by atoms with Crippen molar-refractivity contribution in [3.63, 3.8) is 0 Å². The highest BCUT2D eigenvalue weighted by Crippen LogP contribution is 2.19. The number of allylic oxidation sites excluding steroid dienone is 4. The Morgan fingerprint density at radius 3 is 1.70 bits per heavy atom. The molecule has 0 aromatic rings. The molecule has 0 fully saturated rings. The first-order valence-electron chi connectivity index (χ1n) is 6.62. The molecular weight excluding hydrogens is 248 g/mol. The Morgan fingerprint density at radius 1 is 0.850 bits per heavy atom. The fourth-order valence-electron chi connectivity index (χ4n) is 2.16. The van der Waals surface area contributed by atoms with Crippen LogP contribution in [0.1, 0.15) is 12.8 Å². The van der Waals surface area contributed by atoms with Crippen LogP contribution in [0.5, 0.6) is 0 Å². The summed E-state index contributed by atoms with van der Waals surface area (Å²) in [5.41, 5.74) is 4.53. The van der Waals surface area contributed by atoms with Crippen molar-refractivity contribution in [3.8, 4) is 23.7 Å². The molecule has 2 nitrogen and oxygen atoms in total. The van der Waals surface area contributed by atoms with Gasteiger partial charge in [0.15, 0.2) is 0 Å². The fourth-order valence-corrected chi connectivity index (χ4v) is 2.16. The number of ether oxygens (including phenoxy) is 2. The highest BCUT2D eigenvalue weighted by atomic mass is 16.5. The third-order valence-corrected chi connectivity index (χ3v) is 3.15. The molecule has 0 amide bonds. The molecule has 0 atom stereocenters. The maximum Gasteiger partial charge on any atom is 0.0721 e. The van der Waals surface area contributed by atoms with Crippen LogP contribution in [0.4, 0.5) is 0 Å². The molecule has 0 unspecified atom stereocenters. The van der Waals surface area contributed by atoms with Gasteiger partial charge in [0, 0.05) is 25.4 Å². The summed E-state index contributed by atoms with van der Waals surface area (Å²) in [5, 5.41) is 0. The normalized spacial score (nSPS) is 16.3. The van der Waals surface area contributed by atoms with E-state index in [4.69, 9.17) is 9.47 Å². The molecule has 20 heavy (non-hydrogen) atoms. The quantitative estimate of drug-likeness (QED) is 0.728. The van der Waals surface area contributed by atoms with Crippen LogP contribution in [0.3, 0.4) is 0 Å². The molecule has 0 bridgehead atoms. The van der Waals surface area contributed by atoms with Crippen molar-refractivity contribution in [1.82, 2.24) is 0 Å². The van der Waals surface area contributed by atoms with E-state index in [-0.39, 0.29) is 0 Å². The van der Waals surface area contributed by atoms with E-state index in [1.165, 1.54) is 0 Å². The maximum atomic E-state index is 5.14. The van der Waals surface area contributed by atoms with Gasteiger partial charge in [-0.3, -0.25) is 0 Å². The van der Waals surface area contributed by atoms with Crippen LogP contribution in [0.2, 0.25) is 0 Å². The van der Waals surface area contributed by atoms with E-state index in [2.05, 4.69) is 48.0 Å². The maximum absolute atomic E-state index is 5.14. The van der Waals surface area contributed by atoms with Gasteiger partial charge in [-0.05, 0) is 35.8 Å². The zero-order valence-electron chi connectivity index (χ0n) is 12.0. The van der Waals surface area contributed by atoms with E-state index in [0.717, 1.165) is 35.1 Å². The Morgan fingerprint density at radius 2 is 1.30 bits per heavy atom. The number of hydrogen-bond acceptors (Lipinski definition) is 2. The first-order valence-corrected chi connectivity index (χ1v) is 6.62. The second kappa shape index (κ2) is 7.56. The van der Waals surface area contributed by atoms with Crippen LogP contribution < -0.4 is 0 Å². The molecule has 0 saturated heterocycles. The van der Waals surface area contributed by atoms with Crippen molar-refractivity contribution < 1.29 is 9.47 Å². The topological polar surface area (TPSA) is 18.5 Å². The van der Waals surface area contributed by atoms with Gasteiger partial charge in [-0.2, -0.15) is 0 Å². The van der Waals surface area contributed by atoms with Gasteiger partial charge < -0.3 is 9.47 Å².